The first-order chi connectivity index (χ1) is 17.4. The van der Waals surface area contributed by atoms with Crippen molar-refractivity contribution in [2.45, 2.75) is 25.7 Å². The van der Waals surface area contributed by atoms with E-state index in [4.69, 9.17) is 4.74 Å². The average molecular weight is 485 g/mol. The standard InChI is InChI=1S/C28H28N4O4/c1-17(33)32-16-22-27(28(32)35)25(20-15-30(2)23-6-3-5-21(29-22)26(20)23)18-8-10-19(11-9-18)36-14-13-31-12-4-7-24(31)34/h3,5-6,8-11,15,25,29H,4,7,12-14,16H2,1-2H3/t25-/m1/s1. The number of nitrogens with one attached hydrogen (secondary N) is 1. The van der Waals surface area contributed by atoms with Gasteiger partial charge in [0.1, 0.15) is 12.4 Å². The molecule has 4 heterocycles. The van der Waals surface area contributed by atoms with Gasteiger partial charge in [-0.05, 0) is 41.8 Å². The van der Waals surface area contributed by atoms with E-state index in [9.17, 15) is 14.4 Å². The topological polar surface area (TPSA) is 83.9 Å². The monoisotopic (exact) mass is 484 g/mol. The number of aromatic nitrogens is 1. The van der Waals surface area contributed by atoms with E-state index in [1.807, 2.05) is 48.3 Å². The molecule has 8 nitrogen and oxygen atoms in total. The Morgan fingerprint density at radius 1 is 1.14 bits per heavy atom. The number of nitrogens with zero attached hydrogens (tertiary/aromatic N) is 3. The normalized spacial score (nSPS) is 19.1. The molecule has 6 rings (SSSR count). The minimum Gasteiger partial charge on any atom is -0.492 e. The van der Waals surface area contributed by atoms with Gasteiger partial charge in [-0.15, -0.1) is 0 Å². The van der Waals surface area contributed by atoms with Gasteiger partial charge in [0.2, 0.25) is 11.8 Å². The fourth-order valence-electron chi connectivity index (χ4n) is 5.69. The first-order valence-electron chi connectivity index (χ1n) is 12.3. The molecule has 0 spiro atoms. The largest absolute Gasteiger partial charge is 0.492 e. The van der Waals surface area contributed by atoms with Crippen molar-refractivity contribution >= 4 is 34.3 Å². The molecule has 8 heteroatoms. The van der Waals surface area contributed by atoms with Gasteiger partial charge >= 0.3 is 0 Å². The molecule has 2 aromatic carbocycles. The van der Waals surface area contributed by atoms with E-state index in [0.29, 0.717) is 30.9 Å². The van der Waals surface area contributed by atoms with Crippen molar-refractivity contribution in [3.63, 3.8) is 0 Å². The summed E-state index contributed by atoms with van der Waals surface area (Å²) in [6.45, 7) is 3.48. The minimum absolute atomic E-state index is 0.190. The number of benzene rings is 2. The highest BCUT2D eigenvalue weighted by Gasteiger charge is 2.41. The third-order valence-corrected chi connectivity index (χ3v) is 7.44. The Morgan fingerprint density at radius 3 is 2.67 bits per heavy atom. The highest BCUT2D eigenvalue weighted by molar-refractivity contribution is 6.11. The molecule has 0 bridgehead atoms. The van der Waals surface area contributed by atoms with Crippen molar-refractivity contribution < 1.29 is 19.1 Å². The van der Waals surface area contributed by atoms with Gasteiger partial charge in [0, 0.05) is 55.8 Å². The highest BCUT2D eigenvalue weighted by atomic mass is 16.5. The molecule has 3 amide bonds. The number of imide groups is 1. The Kier molecular flexibility index (Phi) is 5.32. The Balaban J connectivity index is 1.35. The van der Waals surface area contributed by atoms with Gasteiger partial charge in [0.15, 0.2) is 0 Å². The van der Waals surface area contributed by atoms with Gasteiger partial charge in [0.05, 0.1) is 24.2 Å². The van der Waals surface area contributed by atoms with Crippen LogP contribution in [0, 0.1) is 0 Å². The molecule has 0 unspecified atom stereocenters. The number of carbonyl (C=O) groups is 3. The summed E-state index contributed by atoms with van der Waals surface area (Å²) in [4.78, 5) is 40.7. The predicted octanol–water partition coefficient (Wildman–Crippen LogP) is 3.38. The lowest BCUT2D eigenvalue weighted by Crippen LogP contribution is -2.33. The molecule has 184 valence electrons. The van der Waals surface area contributed by atoms with Crippen molar-refractivity contribution in [1.82, 2.24) is 14.4 Å². The SMILES string of the molecule is CC(=O)N1CC2=C(C1=O)[C@H](c1ccc(OCCN3CCCC3=O)cc1)c1cn(C)c3cccc(c13)N2. The molecule has 1 N–H and O–H groups in total. The summed E-state index contributed by atoms with van der Waals surface area (Å²) in [7, 11) is 2.00. The Bertz CT molecular complexity index is 1440. The van der Waals surface area contributed by atoms with Gasteiger partial charge in [0.25, 0.3) is 5.91 Å². The third-order valence-electron chi connectivity index (χ3n) is 7.44. The van der Waals surface area contributed by atoms with Crippen molar-refractivity contribution in [3.8, 4) is 5.75 Å². The van der Waals surface area contributed by atoms with Crippen LogP contribution in [0.25, 0.3) is 10.9 Å². The maximum absolute atomic E-state index is 13.5. The molecule has 1 fully saturated rings. The van der Waals surface area contributed by atoms with E-state index >= 15 is 0 Å². The molecular weight excluding hydrogens is 456 g/mol. The summed E-state index contributed by atoms with van der Waals surface area (Å²) >= 11 is 0. The summed E-state index contributed by atoms with van der Waals surface area (Å²) in [6.07, 6.45) is 3.62. The quantitative estimate of drug-likeness (QED) is 0.600. The number of rotatable bonds is 5. The maximum atomic E-state index is 13.5. The van der Waals surface area contributed by atoms with Crippen LogP contribution in [0.5, 0.6) is 5.75 Å². The second-order valence-electron chi connectivity index (χ2n) is 9.66. The number of carbonyl (C=O) groups excluding carboxylic acids is 3. The zero-order chi connectivity index (χ0) is 25.0. The summed E-state index contributed by atoms with van der Waals surface area (Å²) in [5.41, 5.74) is 5.37. The minimum atomic E-state index is -0.326. The molecule has 36 heavy (non-hydrogen) atoms. The van der Waals surface area contributed by atoms with Crippen molar-refractivity contribution in [1.29, 1.82) is 0 Å². The lowest BCUT2D eigenvalue weighted by molar-refractivity contribution is -0.139. The van der Waals surface area contributed by atoms with E-state index in [0.717, 1.165) is 46.4 Å². The van der Waals surface area contributed by atoms with Gasteiger partial charge in [-0.3, -0.25) is 19.3 Å². The van der Waals surface area contributed by atoms with Crippen LogP contribution in [0.2, 0.25) is 0 Å². The molecule has 0 radical (unpaired) electrons. The predicted molar refractivity (Wildman–Crippen MR) is 136 cm³/mol. The lowest BCUT2D eigenvalue weighted by Gasteiger charge is -2.20. The van der Waals surface area contributed by atoms with Crippen LogP contribution in [0.3, 0.4) is 0 Å². The molecule has 3 aliphatic rings. The van der Waals surface area contributed by atoms with Crippen molar-refractivity contribution in [2.24, 2.45) is 7.05 Å². The fourth-order valence-corrected chi connectivity index (χ4v) is 5.69. The Morgan fingerprint density at radius 2 is 1.94 bits per heavy atom. The molecule has 3 aromatic rings. The number of ether oxygens (including phenoxy) is 1. The van der Waals surface area contributed by atoms with Crippen LogP contribution in [-0.4, -0.2) is 58.3 Å². The zero-order valence-corrected chi connectivity index (χ0v) is 20.4. The van der Waals surface area contributed by atoms with Crippen LogP contribution < -0.4 is 10.1 Å². The number of hydrogen-bond donors (Lipinski definition) is 1. The number of likely N-dealkylation sites (tertiary alicyclic amines) is 1. The van der Waals surface area contributed by atoms with Crippen molar-refractivity contribution in [2.75, 3.05) is 31.6 Å². The van der Waals surface area contributed by atoms with Crippen LogP contribution in [0.4, 0.5) is 5.69 Å². The van der Waals surface area contributed by atoms with E-state index < -0.39 is 0 Å². The smallest absolute Gasteiger partial charge is 0.259 e. The van der Waals surface area contributed by atoms with E-state index in [1.165, 1.54) is 11.8 Å². The van der Waals surface area contributed by atoms with E-state index in [1.54, 1.807) is 0 Å². The van der Waals surface area contributed by atoms with Crippen LogP contribution in [0.1, 0.15) is 36.8 Å². The van der Waals surface area contributed by atoms with Gasteiger partial charge in [-0.2, -0.15) is 0 Å². The molecular formula is C28H28N4O4. The lowest BCUT2D eigenvalue weighted by atomic mass is 9.84. The van der Waals surface area contributed by atoms with Crippen LogP contribution in [-0.2, 0) is 21.4 Å². The maximum Gasteiger partial charge on any atom is 0.259 e. The van der Waals surface area contributed by atoms with Gasteiger partial charge in [-0.25, -0.2) is 0 Å². The molecule has 0 saturated carbocycles. The number of aryl methyl sites for hydroxylation is 1. The molecule has 3 aliphatic heterocycles. The number of anilines is 1. The molecule has 1 aromatic heterocycles. The fraction of sp³-hybridized carbons (Fsp3) is 0.321. The Hall–Kier alpha value is -4.07. The molecule has 1 atom stereocenters. The van der Waals surface area contributed by atoms with E-state index in [-0.39, 0.29) is 30.2 Å². The molecule has 0 aliphatic carbocycles. The van der Waals surface area contributed by atoms with Gasteiger partial charge < -0.3 is 19.5 Å². The number of hydrogen-bond acceptors (Lipinski definition) is 5. The first kappa shape index (κ1) is 22.4. The second-order valence-corrected chi connectivity index (χ2v) is 9.66. The average Bonchev–Trinajstić information content (AvgIpc) is 3.49. The summed E-state index contributed by atoms with van der Waals surface area (Å²) in [5, 5.41) is 4.56. The third kappa shape index (κ3) is 3.56. The second kappa shape index (κ2) is 8.55. The van der Waals surface area contributed by atoms with Crippen molar-refractivity contribution in [3.05, 3.63) is 71.1 Å². The summed E-state index contributed by atoms with van der Waals surface area (Å²) in [6, 6.07) is 13.9. The number of amides is 3. The first-order valence-corrected chi connectivity index (χ1v) is 12.3. The van der Waals surface area contributed by atoms with E-state index in [2.05, 4.69) is 22.1 Å². The Labute approximate surface area is 209 Å². The summed E-state index contributed by atoms with van der Waals surface area (Å²) in [5.74, 6) is 0.0621. The molecule has 1 saturated heterocycles. The van der Waals surface area contributed by atoms with Gasteiger partial charge in [-0.1, -0.05) is 18.2 Å². The highest BCUT2D eigenvalue weighted by Crippen LogP contribution is 2.46. The van der Waals surface area contributed by atoms with Crippen LogP contribution in [0.15, 0.2) is 59.9 Å². The zero-order valence-electron chi connectivity index (χ0n) is 20.4. The summed E-state index contributed by atoms with van der Waals surface area (Å²) < 4.78 is 7.99. The van der Waals surface area contributed by atoms with Crippen LogP contribution >= 0.6 is 0 Å².